The van der Waals surface area contributed by atoms with Crippen molar-refractivity contribution in [3.05, 3.63) is 29.8 Å². The smallest absolute Gasteiger partial charge is 0.315 e. The lowest BCUT2D eigenvalue weighted by atomic mass is 9.81. The van der Waals surface area contributed by atoms with Gasteiger partial charge in [-0.3, -0.25) is 0 Å². The summed E-state index contributed by atoms with van der Waals surface area (Å²) in [6, 6.07) is 7.58. The van der Waals surface area contributed by atoms with Crippen molar-refractivity contribution in [2.24, 2.45) is 11.3 Å². The number of nitrogens with one attached hydrogen (secondary N) is 2. The lowest BCUT2D eigenvalue weighted by Crippen LogP contribution is -2.47. The Hall–Kier alpha value is -1.75. The van der Waals surface area contributed by atoms with Crippen LogP contribution in [0.3, 0.4) is 0 Å². The van der Waals surface area contributed by atoms with E-state index in [2.05, 4.69) is 10.6 Å². The third kappa shape index (κ3) is 4.63. The fraction of sp³-hybridized carbons (Fsp3) is 0.632. The number of aliphatic hydroxyl groups is 1. The minimum atomic E-state index is -0.468. The minimum Gasteiger partial charge on any atom is -0.493 e. The predicted octanol–water partition coefficient (Wildman–Crippen LogP) is 3.24. The van der Waals surface area contributed by atoms with Gasteiger partial charge in [-0.15, -0.1) is 0 Å². The van der Waals surface area contributed by atoms with Crippen LogP contribution in [0.4, 0.5) is 4.79 Å². The number of benzene rings is 1. The molecule has 5 heteroatoms. The van der Waals surface area contributed by atoms with Gasteiger partial charge in [-0.05, 0) is 24.8 Å². The van der Waals surface area contributed by atoms with Crippen LogP contribution in [-0.2, 0) is 0 Å². The molecule has 0 saturated carbocycles. The average molecular weight is 334 g/mol. The van der Waals surface area contributed by atoms with Crippen LogP contribution in [0, 0.1) is 11.3 Å². The van der Waals surface area contributed by atoms with Gasteiger partial charge >= 0.3 is 6.03 Å². The van der Waals surface area contributed by atoms with E-state index in [4.69, 9.17) is 4.74 Å². The zero-order valence-electron chi connectivity index (χ0n) is 15.1. The van der Waals surface area contributed by atoms with Gasteiger partial charge in [-0.25, -0.2) is 4.79 Å². The van der Waals surface area contributed by atoms with E-state index in [9.17, 15) is 9.90 Å². The monoisotopic (exact) mass is 334 g/mol. The Kier molecular flexibility index (Phi) is 6.10. The van der Waals surface area contributed by atoms with Crippen LogP contribution in [0.15, 0.2) is 24.3 Å². The first-order valence-electron chi connectivity index (χ1n) is 8.75. The highest BCUT2D eigenvalue weighted by Gasteiger charge is 2.31. The van der Waals surface area contributed by atoms with Crippen LogP contribution in [0.25, 0.3) is 0 Å². The number of carbonyl (C=O) groups is 1. The van der Waals surface area contributed by atoms with Crippen LogP contribution in [0.1, 0.15) is 52.1 Å². The molecule has 1 aliphatic heterocycles. The first kappa shape index (κ1) is 18.6. The molecule has 0 bridgehead atoms. The topological polar surface area (TPSA) is 70.6 Å². The molecule has 0 fully saturated rings. The third-order valence-corrected chi connectivity index (χ3v) is 4.63. The molecule has 0 aromatic heterocycles. The molecule has 0 spiro atoms. The number of hydrogen-bond donors (Lipinski definition) is 3. The van der Waals surface area contributed by atoms with Gasteiger partial charge in [-0.2, -0.15) is 0 Å². The molecule has 0 saturated heterocycles. The molecular weight excluding hydrogens is 304 g/mol. The summed E-state index contributed by atoms with van der Waals surface area (Å²) < 4.78 is 5.73. The highest BCUT2D eigenvalue weighted by atomic mass is 16.5. The predicted molar refractivity (Wildman–Crippen MR) is 95.1 cm³/mol. The number of para-hydroxylation sites is 1. The van der Waals surface area contributed by atoms with Crippen molar-refractivity contribution in [3.8, 4) is 5.75 Å². The van der Waals surface area contributed by atoms with E-state index >= 15 is 0 Å². The van der Waals surface area contributed by atoms with Gasteiger partial charge in [0.2, 0.25) is 0 Å². The van der Waals surface area contributed by atoms with E-state index in [0.29, 0.717) is 13.2 Å². The van der Waals surface area contributed by atoms with Crippen LogP contribution < -0.4 is 15.4 Å². The molecule has 24 heavy (non-hydrogen) atoms. The Bertz CT molecular complexity index is 557. The fourth-order valence-corrected chi connectivity index (χ4v) is 3.20. The second kappa shape index (κ2) is 7.88. The van der Waals surface area contributed by atoms with Crippen LogP contribution in [0.5, 0.6) is 5.75 Å². The largest absolute Gasteiger partial charge is 0.493 e. The molecule has 0 aliphatic carbocycles. The number of fused-ring (bicyclic) bond motifs is 1. The molecule has 0 radical (unpaired) electrons. The summed E-state index contributed by atoms with van der Waals surface area (Å²) in [6.45, 7) is 8.98. The van der Waals surface area contributed by atoms with Crippen molar-refractivity contribution in [1.82, 2.24) is 10.6 Å². The van der Waals surface area contributed by atoms with Crippen molar-refractivity contribution < 1.29 is 14.6 Å². The molecule has 2 amide bonds. The second-order valence-electron chi connectivity index (χ2n) is 7.59. The van der Waals surface area contributed by atoms with Gasteiger partial charge in [-0.1, -0.05) is 45.9 Å². The van der Waals surface area contributed by atoms with Gasteiger partial charge in [0.25, 0.3) is 0 Å². The summed E-state index contributed by atoms with van der Waals surface area (Å²) in [5.74, 6) is 0.992. The molecule has 1 aromatic rings. The summed E-state index contributed by atoms with van der Waals surface area (Å²) in [4.78, 5) is 12.3. The van der Waals surface area contributed by atoms with Gasteiger partial charge in [0.05, 0.1) is 18.8 Å². The van der Waals surface area contributed by atoms with Crippen molar-refractivity contribution in [1.29, 1.82) is 0 Å². The Labute approximate surface area is 144 Å². The quantitative estimate of drug-likeness (QED) is 0.774. The molecule has 1 aromatic carbocycles. The van der Waals surface area contributed by atoms with Crippen molar-refractivity contribution in [3.63, 3.8) is 0 Å². The summed E-state index contributed by atoms with van der Waals surface area (Å²) in [7, 11) is 0. The summed E-state index contributed by atoms with van der Waals surface area (Å²) in [6.07, 6.45) is 1.28. The zero-order valence-corrected chi connectivity index (χ0v) is 15.1. The number of aliphatic hydroxyl groups excluding tert-OH is 1. The fourth-order valence-electron chi connectivity index (χ4n) is 3.20. The minimum absolute atomic E-state index is 0.0539. The number of urea groups is 1. The van der Waals surface area contributed by atoms with Gasteiger partial charge in [0.1, 0.15) is 5.75 Å². The Morgan fingerprint density at radius 3 is 2.79 bits per heavy atom. The Balaban J connectivity index is 1.95. The van der Waals surface area contributed by atoms with Gasteiger partial charge < -0.3 is 20.5 Å². The molecule has 2 unspecified atom stereocenters. The number of ether oxygens (including phenoxy) is 1. The number of carbonyl (C=O) groups excluding carboxylic acids is 1. The molecular formula is C19H30N2O3. The molecule has 1 aliphatic rings. The van der Waals surface area contributed by atoms with Crippen LogP contribution in [-0.4, -0.2) is 30.4 Å². The molecule has 1 heterocycles. The highest BCUT2D eigenvalue weighted by molar-refractivity contribution is 5.74. The van der Waals surface area contributed by atoms with E-state index < -0.39 is 6.10 Å². The standard InChI is InChI=1S/C19H30N2O3/c1-13(2)17(22)19(3,4)12-20-18(23)21-15-9-7-11-24-16-10-6-5-8-14(15)16/h5-6,8,10,13,15,17,22H,7,9,11-12H2,1-4H3,(H2,20,21,23). The number of hydrogen-bond acceptors (Lipinski definition) is 3. The van der Waals surface area contributed by atoms with Crippen molar-refractivity contribution in [2.45, 2.75) is 52.7 Å². The summed E-state index contributed by atoms with van der Waals surface area (Å²) >= 11 is 0. The maximum absolute atomic E-state index is 12.3. The molecule has 3 N–H and O–H groups in total. The van der Waals surface area contributed by atoms with Crippen LogP contribution in [0.2, 0.25) is 0 Å². The Morgan fingerprint density at radius 2 is 2.08 bits per heavy atom. The number of rotatable bonds is 5. The maximum Gasteiger partial charge on any atom is 0.315 e. The first-order chi connectivity index (χ1) is 11.3. The summed E-state index contributed by atoms with van der Waals surface area (Å²) in [5, 5.41) is 16.2. The molecule has 2 rings (SSSR count). The normalized spacial score (nSPS) is 19.0. The van der Waals surface area contributed by atoms with Gasteiger partial charge in [0.15, 0.2) is 0 Å². The average Bonchev–Trinajstić information content (AvgIpc) is 2.75. The maximum atomic E-state index is 12.3. The van der Waals surface area contributed by atoms with Crippen LogP contribution >= 0.6 is 0 Å². The van der Waals surface area contributed by atoms with Crippen molar-refractivity contribution >= 4 is 6.03 Å². The van der Waals surface area contributed by atoms with Gasteiger partial charge in [0, 0.05) is 17.5 Å². The van der Waals surface area contributed by atoms with E-state index in [1.54, 1.807) is 0 Å². The molecule has 134 valence electrons. The first-order valence-corrected chi connectivity index (χ1v) is 8.75. The summed E-state index contributed by atoms with van der Waals surface area (Å²) in [5.41, 5.74) is 0.641. The highest BCUT2D eigenvalue weighted by Crippen LogP contribution is 2.31. The van der Waals surface area contributed by atoms with E-state index in [-0.39, 0.29) is 23.4 Å². The molecule has 5 nitrogen and oxygen atoms in total. The van der Waals surface area contributed by atoms with E-state index in [0.717, 1.165) is 24.2 Å². The molecule has 2 atom stereocenters. The lowest BCUT2D eigenvalue weighted by molar-refractivity contribution is 0.0151. The second-order valence-corrected chi connectivity index (χ2v) is 7.59. The van der Waals surface area contributed by atoms with E-state index in [1.165, 1.54) is 0 Å². The SMILES string of the molecule is CC(C)C(O)C(C)(C)CNC(=O)NC1CCCOc2ccccc21. The third-order valence-electron chi connectivity index (χ3n) is 4.63. The van der Waals surface area contributed by atoms with E-state index in [1.807, 2.05) is 52.0 Å². The number of amides is 2. The zero-order chi connectivity index (χ0) is 17.7. The Morgan fingerprint density at radius 1 is 1.38 bits per heavy atom. The van der Waals surface area contributed by atoms with Crippen molar-refractivity contribution in [2.75, 3.05) is 13.2 Å². The lowest BCUT2D eigenvalue weighted by Gasteiger charge is -2.33.